The number of para-hydroxylation sites is 2. The van der Waals surface area contributed by atoms with E-state index in [0.29, 0.717) is 41.8 Å². The van der Waals surface area contributed by atoms with Crippen LogP contribution in [0.15, 0.2) is 60.7 Å². The Hall–Kier alpha value is -3.45. The Morgan fingerprint density at radius 2 is 1.90 bits per heavy atom. The van der Waals surface area contributed by atoms with Crippen molar-refractivity contribution in [2.24, 2.45) is 0 Å². The number of anilines is 1. The van der Waals surface area contributed by atoms with E-state index in [0.717, 1.165) is 11.3 Å². The molecule has 0 amide bonds. The molecular formula is C23H19ClFNO5. The summed E-state index contributed by atoms with van der Waals surface area (Å²) in [5.41, 5.74) is 2.03. The SMILES string of the molecule is O=C(O)Oc1cccc2c1OCCN2Cc1ccccc1OCc1ccc(Cl)cc1F. The zero-order chi connectivity index (χ0) is 21.8. The summed E-state index contributed by atoms with van der Waals surface area (Å²) in [5.74, 6) is 0.746. The van der Waals surface area contributed by atoms with E-state index < -0.39 is 12.0 Å². The first-order valence-corrected chi connectivity index (χ1v) is 9.95. The maximum absolute atomic E-state index is 14.1. The van der Waals surface area contributed by atoms with E-state index in [-0.39, 0.29) is 12.4 Å². The molecule has 160 valence electrons. The molecule has 1 aliphatic rings. The molecular weight excluding hydrogens is 425 g/mol. The van der Waals surface area contributed by atoms with Crippen molar-refractivity contribution in [3.8, 4) is 17.2 Å². The normalized spacial score (nSPS) is 12.6. The Balaban J connectivity index is 1.54. The molecule has 6 nitrogen and oxygen atoms in total. The minimum atomic E-state index is -1.40. The lowest BCUT2D eigenvalue weighted by Crippen LogP contribution is -2.32. The highest BCUT2D eigenvalue weighted by atomic mass is 35.5. The minimum absolute atomic E-state index is 0.0658. The van der Waals surface area contributed by atoms with E-state index in [4.69, 9.17) is 30.9 Å². The van der Waals surface area contributed by atoms with Crippen LogP contribution in [-0.4, -0.2) is 24.4 Å². The molecule has 3 aromatic carbocycles. The van der Waals surface area contributed by atoms with E-state index in [1.807, 2.05) is 30.3 Å². The Morgan fingerprint density at radius 1 is 1.10 bits per heavy atom. The number of fused-ring (bicyclic) bond motifs is 1. The van der Waals surface area contributed by atoms with E-state index in [1.54, 1.807) is 24.3 Å². The van der Waals surface area contributed by atoms with Gasteiger partial charge in [-0.1, -0.05) is 41.9 Å². The van der Waals surface area contributed by atoms with Gasteiger partial charge >= 0.3 is 6.16 Å². The maximum Gasteiger partial charge on any atom is 0.511 e. The van der Waals surface area contributed by atoms with Gasteiger partial charge in [0.25, 0.3) is 0 Å². The predicted octanol–water partition coefficient (Wildman–Crippen LogP) is 5.51. The van der Waals surface area contributed by atoms with Gasteiger partial charge in [0.05, 0.1) is 12.2 Å². The summed E-state index contributed by atoms with van der Waals surface area (Å²) >= 11 is 5.81. The summed E-state index contributed by atoms with van der Waals surface area (Å²) in [7, 11) is 0. The second-order valence-electron chi connectivity index (χ2n) is 6.87. The Morgan fingerprint density at radius 3 is 2.71 bits per heavy atom. The van der Waals surface area contributed by atoms with Crippen molar-refractivity contribution in [1.82, 2.24) is 0 Å². The van der Waals surface area contributed by atoms with Gasteiger partial charge in [-0.3, -0.25) is 0 Å². The highest BCUT2D eigenvalue weighted by Crippen LogP contribution is 2.41. The van der Waals surface area contributed by atoms with Crippen LogP contribution in [0.1, 0.15) is 11.1 Å². The smallest absolute Gasteiger partial charge is 0.488 e. The van der Waals surface area contributed by atoms with E-state index in [9.17, 15) is 9.18 Å². The molecule has 0 bridgehead atoms. The number of carboxylic acid groups (broad SMARTS) is 1. The fourth-order valence-corrected chi connectivity index (χ4v) is 3.55. The molecule has 0 aliphatic carbocycles. The lowest BCUT2D eigenvalue weighted by molar-refractivity contribution is 0.142. The zero-order valence-corrected chi connectivity index (χ0v) is 17.1. The van der Waals surface area contributed by atoms with Crippen LogP contribution in [0.2, 0.25) is 5.02 Å². The van der Waals surface area contributed by atoms with Crippen molar-refractivity contribution in [1.29, 1.82) is 0 Å². The third-order valence-electron chi connectivity index (χ3n) is 4.84. The molecule has 0 saturated heterocycles. The van der Waals surface area contributed by atoms with Crippen LogP contribution in [0.25, 0.3) is 0 Å². The monoisotopic (exact) mass is 443 g/mol. The summed E-state index contributed by atoms with van der Waals surface area (Å²) in [6.07, 6.45) is -1.40. The van der Waals surface area contributed by atoms with Gasteiger partial charge in [-0.05, 0) is 30.3 Å². The molecule has 1 heterocycles. The van der Waals surface area contributed by atoms with Crippen LogP contribution in [0.4, 0.5) is 14.9 Å². The average Bonchev–Trinajstić information content (AvgIpc) is 2.74. The van der Waals surface area contributed by atoms with Crippen molar-refractivity contribution in [2.75, 3.05) is 18.1 Å². The zero-order valence-electron chi connectivity index (χ0n) is 16.4. The van der Waals surface area contributed by atoms with Gasteiger partial charge in [-0.2, -0.15) is 0 Å². The molecule has 8 heteroatoms. The van der Waals surface area contributed by atoms with Gasteiger partial charge in [0.2, 0.25) is 0 Å². The van der Waals surface area contributed by atoms with Gasteiger partial charge in [0, 0.05) is 22.7 Å². The average molecular weight is 444 g/mol. The summed E-state index contributed by atoms with van der Waals surface area (Å²) < 4.78 is 30.5. The van der Waals surface area contributed by atoms with Crippen LogP contribution < -0.4 is 19.1 Å². The van der Waals surface area contributed by atoms with Gasteiger partial charge in [0.15, 0.2) is 11.5 Å². The highest BCUT2D eigenvalue weighted by molar-refractivity contribution is 6.30. The Bertz CT molecular complexity index is 1110. The van der Waals surface area contributed by atoms with Gasteiger partial charge < -0.3 is 24.2 Å². The van der Waals surface area contributed by atoms with E-state index in [1.165, 1.54) is 6.07 Å². The number of halogens is 2. The number of nitrogens with zero attached hydrogens (tertiary/aromatic N) is 1. The molecule has 3 aromatic rings. The topological polar surface area (TPSA) is 68.2 Å². The number of benzene rings is 3. The minimum Gasteiger partial charge on any atom is -0.488 e. The van der Waals surface area contributed by atoms with Crippen molar-refractivity contribution in [2.45, 2.75) is 13.2 Å². The fraction of sp³-hybridized carbons (Fsp3) is 0.174. The van der Waals surface area contributed by atoms with Crippen LogP contribution in [0.5, 0.6) is 17.2 Å². The maximum atomic E-state index is 14.1. The molecule has 0 aromatic heterocycles. The largest absolute Gasteiger partial charge is 0.511 e. The molecule has 0 spiro atoms. The molecule has 0 saturated carbocycles. The molecule has 0 fully saturated rings. The first-order valence-electron chi connectivity index (χ1n) is 9.57. The summed E-state index contributed by atoms with van der Waals surface area (Å²) in [4.78, 5) is 13.0. The van der Waals surface area contributed by atoms with Crippen LogP contribution in [0, 0.1) is 5.82 Å². The number of hydrogen-bond acceptors (Lipinski definition) is 5. The summed E-state index contributed by atoms with van der Waals surface area (Å²) in [6, 6.07) is 17.1. The van der Waals surface area contributed by atoms with Crippen molar-refractivity contribution < 1.29 is 28.5 Å². The molecule has 1 aliphatic heterocycles. The van der Waals surface area contributed by atoms with E-state index in [2.05, 4.69) is 4.90 Å². The second kappa shape index (κ2) is 9.14. The third-order valence-corrected chi connectivity index (χ3v) is 5.07. The van der Waals surface area contributed by atoms with Gasteiger partial charge in [0.1, 0.15) is 24.8 Å². The standard InChI is InChI=1S/C23H19ClFNO5/c24-17-9-8-16(18(25)12-17)14-30-20-6-2-1-4-15(20)13-26-10-11-29-22-19(26)5-3-7-21(22)31-23(27)28/h1-9,12H,10-11,13-14H2,(H,27,28). The number of carbonyl (C=O) groups is 1. The molecule has 1 N–H and O–H groups in total. The van der Waals surface area contributed by atoms with Crippen LogP contribution >= 0.6 is 11.6 Å². The number of hydrogen-bond donors (Lipinski definition) is 1. The molecule has 0 atom stereocenters. The van der Waals surface area contributed by atoms with Crippen LogP contribution in [-0.2, 0) is 13.2 Å². The molecule has 0 unspecified atom stereocenters. The quantitative estimate of drug-likeness (QED) is 0.400. The van der Waals surface area contributed by atoms with Crippen LogP contribution in [0.3, 0.4) is 0 Å². The lowest BCUT2D eigenvalue weighted by Gasteiger charge is -2.32. The summed E-state index contributed by atoms with van der Waals surface area (Å²) in [5, 5.41) is 9.28. The molecule has 0 radical (unpaired) electrons. The van der Waals surface area contributed by atoms with Gasteiger partial charge in [-0.25, -0.2) is 9.18 Å². The van der Waals surface area contributed by atoms with Gasteiger partial charge in [-0.15, -0.1) is 0 Å². The lowest BCUT2D eigenvalue weighted by atomic mass is 10.1. The third kappa shape index (κ3) is 4.83. The molecule has 31 heavy (non-hydrogen) atoms. The first kappa shape index (κ1) is 20.8. The van der Waals surface area contributed by atoms with E-state index >= 15 is 0 Å². The number of rotatable bonds is 6. The predicted molar refractivity (Wildman–Crippen MR) is 114 cm³/mol. The van der Waals surface area contributed by atoms with Crippen molar-refractivity contribution in [3.63, 3.8) is 0 Å². The second-order valence-corrected chi connectivity index (χ2v) is 7.31. The Kier molecular flexibility index (Phi) is 6.13. The molecule has 4 rings (SSSR count). The number of ether oxygens (including phenoxy) is 3. The summed E-state index contributed by atoms with van der Waals surface area (Å²) in [6.45, 7) is 1.54. The first-order chi connectivity index (χ1) is 15.0. The van der Waals surface area contributed by atoms with Crippen molar-refractivity contribution >= 4 is 23.4 Å². The highest BCUT2D eigenvalue weighted by Gasteiger charge is 2.24. The Labute approximate surface area is 183 Å². The fourth-order valence-electron chi connectivity index (χ4n) is 3.39. The van der Waals surface area contributed by atoms with Crippen molar-refractivity contribution in [3.05, 3.63) is 82.6 Å².